The Morgan fingerprint density at radius 1 is 1.47 bits per heavy atom. The third-order valence-electron chi connectivity index (χ3n) is 2.90. The SMILES string of the molecule is CCC(C)(C)CNc1nccc(C)c1N. The number of nitrogens with zero attached hydrogens (tertiary/aromatic N) is 1. The summed E-state index contributed by atoms with van der Waals surface area (Å²) in [6, 6.07) is 1.92. The second-order valence-corrected chi connectivity index (χ2v) is 4.76. The predicted molar refractivity (Wildman–Crippen MR) is 65.9 cm³/mol. The number of hydrogen-bond acceptors (Lipinski definition) is 3. The van der Waals surface area contributed by atoms with Gasteiger partial charge >= 0.3 is 0 Å². The number of rotatable bonds is 4. The van der Waals surface area contributed by atoms with Gasteiger partial charge in [-0.05, 0) is 30.4 Å². The lowest BCUT2D eigenvalue weighted by Gasteiger charge is -2.23. The van der Waals surface area contributed by atoms with Crippen molar-refractivity contribution < 1.29 is 0 Å². The third kappa shape index (κ3) is 3.11. The van der Waals surface area contributed by atoms with Crippen LogP contribution in [0, 0.1) is 12.3 Å². The standard InChI is InChI=1S/C12H21N3/c1-5-12(3,4)8-15-11-10(13)9(2)6-7-14-11/h6-7H,5,8,13H2,1-4H3,(H,14,15). The monoisotopic (exact) mass is 207 g/mol. The smallest absolute Gasteiger partial charge is 0.149 e. The maximum atomic E-state index is 5.93. The molecular weight excluding hydrogens is 186 g/mol. The zero-order chi connectivity index (χ0) is 11.5. The Labute approximate surface area is 92.1 Å². The van der Waals surface area contributed by atoms with E-state index in [9.17, 15) is 0 Å². The second-order valence-electron chi connectivity index (χ2n) is 4.76. The van der Waals surface area contributed by atoms with Crippen LogP contribution in [0.25, 0.3) is 0 Å². The highest BCUT2D eigenvalue weighted by atomic mass is 15.0. The van der Waals surface area contributed by atoms with Crippen LogP contribution in [0.5, 0.6) is 0 Å². The van der Waals surface area contributed by atoms with Gasteiger partial charge in [0.2, 0.25) is 0 Å². The number of anilines is 2. The molecule has 0 bridgehead atoms. The minimum Gasteiger partial charge on any atom is -0.396 e. The molecule has 3 N–H and O–H groups in total. The lowest BCUT2D eigenvalue weighted by molar-refractivity contribution is 0.376. The van der Waals surface area contributed by atoms with Crippen LogP contribution in [0.1, 0.15) is 32.8 Å². The van der Waals surface area contributed by atoms with Crippen LogP contribution in [0.3, 0.4) is 0 Å². The van der Waals surface area contributed by atoms with Crippen LogP contribution in [-0.2, 0) is 0 Å². The summed E-state index contributed by atoms with van der Waals surface area (Å²) in [7, 11) is 0. The average Bonchev–Trinajstić information content (AvgIpc) is 2.20. The van der Waals surface area contributed by atoms with Crippen molar-refractivity contribution in [1.29, 1.82) is 0 Å². The molecule has 0 amide bonds. The van der Waals surface area contributed by atoms with Crippen molar-refractivity contribution in [2.75, 3.05) is 17.6 Å². The fourth-order valence-corrected chi connectivity index (χ4v) is 1.16. The zero-order valence-corrected chi connectivity index (χ0v) is 10.1. The van der Waals surface area contributed by atoms with E-state index in [1.54, 1.807) is 6.20 Å². The van der Waals surface area contributed by atoms with E-state index in [-0.39, 0.29) is 5.41 Å². The summed E-state index contributed by atoms with van der Waals surface area (Å²) in [6.07, 6.45) is 2.92. The van der Waals surface area contributed by atoms with E-state index >= 15 is 0 Å². The molecule has 0 radical (unpaired) electrons. The Kier molecular flexibility index (Phi) is 3.56. The van der Waals surface area contributed by atoms with Crippen LogP contribution in [0.4, 0.5) is 11.5 Å². The number of nitrogen functional groups attached to an aromatic ring is 1. The summed E-state index contributed by atoms with van der Waals surface area (Å²) < 4.78 is 0. The lowest BCUT2D eigenvalue weighted by atomic mass is 9.90. The summed E-state index contributed by atoms with van der Waals surface area (Å²) >= 11 is 0. The van der Waals surface area contributed by atoms with Gasteiger partial charge in [-0.15, -0.1) is 0 Å². The van der Waals surface area contributed by atoms with E-state index in [0.29, 0.717) is 0 Å². The van der Waals surface area contributed by atoms with Gasteiger partial charge in [-0.3, -0.25) is 0 Å². The molecule has 0 aliphatic rings. The van der Waals surface area contributed by atoms with Gasteiger partial charge in [0.1, 0.15) is 5.82 Å². The van der Waals surface area contributed by atoms with Crippen molar-refractivity contribution in [2.45, 2.75) is 34.1 Å². The summed E-state index contributed by atoms with van der Waals surface area (Å²) in [4.78, 5) is 4.24. The molecule has 0 aliphatic heterocycles. The lowest BCUT2D eigenvalue weighted by Crippen LogP contribution is -2.23. The van der Waals surface area contributed by atoms with Gasteiger partial charge in [0, 0.05) is 12.7 Å². The molecule has 84 valence electrons. The molecule has 0 saturated heterocycles. The Balaban J connectivity index is 2.70. The summed E-state index contributed by atoms with van der Waals surface area (Å²) in [5.41, 5.74) is 8.03. The van der Waals surface area contributed by atoms with Crippen molar-refractivity contribution in [2.24, 2.45) is 5.41 Å². The van der Waals surface area contributed by atoms with Crippen molar-refractivity contribution in [3.8, 4) is 0 Å². The summed E-state index contributed by atoms with van der Waals surface area (Å²) in [5.74, 6) is 0.802. The van der Waals surface area contributed by atoms with Crippen molar-refractivity contribution >= 4 is 11.5 Å². The molecule has 3 heteroatoms. The Hall–Kier alpha value is -1.25. The second kappa shape index (κ2) is 4.51. The molecular formula is C12H21N3. The first-order chi connectivity index (χ1) is 6.96. The minimum absolute atomic E-state index is 0.276. The maximum Gasteiger partial charge on any atom is 0.149 e. The zero-order valence-electron chi connectivity index (χ0n) is 10.1. The van der Waals surface area contributed by atoms with E-state index in [1.165, 1.54) is 0 Å². The summed E-state index contributed by atoms with van der Waals surface area (Å²) in [6.45, 7) is 9.53. The number of nitrogens with two attached hydrogens (primary N) is 1. The summed E-state index contributed by atoms with van der Waals surface area (Å²) in [5, 5.41) is 3.31. The van der Waals surface area contributed by atoms with E-state index in [0.717, 1.165) is 30.0 Å². The highest BCUT2D eigenvalue weighted by Gasteiger charge is 2.15. The van der Waals surface area contributed by atoms with Gasteiger partial charge < -0.3 is 11.1 Å². The van der Waals surface area contributed by atoms with Crippen molar-refractivity contribution in [1.82, 2.24) is 4.98 Å². The van der Waals surface area contributed by atoms with Gasteiger partial charge in [-0.25, -0.2) is 4.98 Å². The van der Waals surface area contributed by atoms with Gasteiger partial charge in [0.05, 0.1) is 5.69 Å². The molecule has 0 spiro atoms. The first kappa shape index (κ1) is 11.8. The van der Waals surface area contributed by atoms with Gasteiger partial charge in [0.15, 0.2) is 0 Å². The normalized spacial score (nSPS) is 11.5. The van der Waals surface area contributed by atoms with Crippen LogP contribution in [0.2, 0.25) is 0 Å². The number of aromatic nitrogens is 1. The first-order valence-electron chi connectivity index (χ1n) is 5.41. The van der Waals surface area contributed by atoms with E-state index in [2.05, 4.69) is 31.1 Å². The molecule has 1 aromatic heterocycles. The van der Waals surface area contributed by atoms with E-state index in [4.69, 9.17) is 5.73 Å². The van der Waals surface area contributed by atoms with E-state index < -0.39 is 0 Å². The molecule has 0 atom stereocenters. The van der Waals surface area contributed by atoms with Crippen molar-refractivity contribution in [3.05, 3.63) is 17.8 Å². The van der Waals surface area contributed by atoms with Crippen LogP contribution < -0.4 is 11.1 Å². The van der Waals surface area contributed by atoms with Gasteiger partial charge in [-0.1, -0.05) is 20.8 Å². The van der Waals surface area contributed by atoms with Crippen LogP contribution in [0.15, 0.2) is 12.3 Å². The predicted octanol–water partition coefficient (Wildman–Crippen LogP) is 2.82. The van der Waals surface area contributed by atoms with Gasteiger partial charge in [0.25, 0.3) is 0 Å². The average molecular weight is 207 g/mol. The maximum absolute atomic E-state index is 5.93. The molecule has 0 aliphatic carbocycles. The highest BCUT2D eigenvalue weighted by Crippen LogP contribution is 2.23. The number of pyridine rings is 1. The molecule has 1 rings (SSSR count). The molecule has 0 aromatic carbocycles. The number of hydrogen-bond donors (Lipinski definition) is 2. The molecule has 15 heavy (non-hydrogen) atoms. The van der Waals surface area contributed by atoms with Crippen molar-refractivity contribution in [3.63, 3.8) is 0 Å². The highest BCUT2D eigenvalue weighted by molar-refractivity contribution is 5.64. The Morgan fingerprint density at radius 2 is 2.13 bits per heavy atom. The van der Waals surface area contributed by atoms with Gasteiger partial charge in [-0.2, -0.15) is 0 Å². The third-order valence-corrected chi connectivity index (χ3v) is 2.90. The molecule has 0 fully saturated rings. The van der Waals surface area contributed by atoms with Crippen LogP contribution >= 0.6 is 0 Å². The molecule has 1 heterocycles. The molecule has 1 aromatic rings. The molecule has 3 nitrogen and oxygen atoms in total. The minimum atomic E-state index is 0.276. The van der Waals surface area contributed by atoms with E-state index in [1.807, 2.05) is 13.0 Å². The fourth-order valence-electron chi connectivity index (χ4n) is 1.16. The van der Waals surface area contributed by atoms with Crippen LogP contribution in [-0.4, -0.2) is 11.5 Å². The fraction of sp³-hybridized carbons (Fsp3) is 0.583. The topological polar surface area (TPSA) is 50.9 Å². The Bertz CT molecular complexity index is 332. The molecule has 0 saturated carbocycles. The first-order valence-corrected chi connectivity index (χ1v) is 5.41. The number of nitrogens with one attached hydrogen (secondary N) is 1. The Morgan fingerprint density at radius 3 is 2.73 bits per heavy atom. The quantitative estimate of drug-likeness (QED) is 0.798. The largest absolute Gasteiger partial charge is 0.396 e. The molecule has 0 unspecified atom stereocenters. The number of aryl methyl sites for hydroxylation is 1.